The summed E-state index contributed by atoms with van der Waals surface area (Å²) in [5, 5.41) is 13.2. The van der Waals surface area contributed by atoms with Crippen LogP contribution < -0.4 is 5.32 Å². The molecule has 0 bridgehead atoms. The Morgan fingerprint density at radius 3 is 2.76 bits per heavy atom. The van der Waals surface area contributed by atoms with Gasteiger partial charge in [0.1, 0.15) is 0 Å². The van der Waals surface area contributed by atoms with E-state index >= 15 is 0 Å². The van der Waals surface area contributed by atoms with Gasteiger partial charge in [-0.25, -0.2) is 0 Å². The van der Waals surface area contributed by atoms with Crippen LogP contribution in [0.4, 0.5) is 5.69 Å². The molecular formula is C14H22N2O. The van der Waals surface area contributed by atoms with Crippen LogP contribution in [0.15, 0.2) is 18.5 Å². The largest absolute Gasteiger partial charge is 0.394 e. The van der Waals surface area contributed by atoms with E-state index in [0.717, 1.165) is 30.0 Å². The summed E-state index contributed by atoms with van der Waals surface area (Å²) in [4.78, 5) is 4.10. The van der Waals surface area contributed by atoms with E-state index < -0.39 is 0 Å². The van der Waals surface area contributed by atoms with Crippen molar-refractivity contribution in [1.29, 1.82) is 0 Å². The maximum atomic E-state index is 9.70. The van der Waals surface area contributed by atoms with Gasteiger partial charge in [0.15, 0.2) is 0 Å². The van der Waals surface area contributed by atoms with Crippen LogP contribution in [0, 0.1) is 12.8 Å². The number of anilines is 1. The SMILES string of the molecule is Cc1cnccc1NC1(CO)CCC(C)CC1. The average Bonchev–Trinajstić information content (AvgIpc) is 2.35. The first-order chi connectivity index (χ1) is 8.15. The second kappa shape index (κ2) is 5.05. The third kappa shape index (κ3) is 2.78. The Labute approximate surface area is 103 Å². The second-order valence-corrected chi connectivity index (χ2v) is 5.44. The highest BCUT2D eigenvalue weighted by Gasteiger charge is 2.33. The highest BCUT2D eigenvalue weighted by atomic mass is 16.3. The van der Waals surface area contributed by atoms with Gasteiger partial charge in [0.05, 0.1) is 12.1 Å². The van der Waals surface area contributed by atoms with Crippen molar-refractivity contribution < 1.29 is 5.11 Å². The number of aromatic nitrogens is 1. The Balaban J connectivity index is 2.12. The Bertz CT molecular complexity index is 370. The van der Waals surface area contributed by atoms with Gasteiger partial charge in [-0.3, -0.25) is 4.98 Å². The van der Waals surface area contributed by atoms with Gasteiger partial charge in [0, 0.05) is 18.1 Å². The Morgan fingerprint density at radius 1 is 1.47 bits per heavy atom. The summed E-state index contributed by atoms with van der Waals surface area (Å²) in [5.41, 5.74) is 2.11. The van der Waals surface area contributed by atoms with Crippen LogP contribution >= 0.6 is 0 Å². The Kier molecular flexibility index (Phi) is 3.67. The van der Waals surface area contributed by atoms with Crippen LogP contribution in [0.2, 0.25) is 0 Å². The molecule has 0 unspecified atom stereocenters. The molecule has 0 saturated heterocycles. The molecule has 0 spiro atoms. The van der Waals surface area contributed by atoms with Gasteiger partial charge >= 0.3 is 0 Å². The molecule has 1 fully saturated rings. The fraction of sp³-hybridized carbons (Fsp3) is 0.643. The van der Waals surface area contributed by atoms with Crippen molar-refractivity contribution >= 4 is 5.69 Å². The number of hydrogen-bond donors (Lipinski definition) is 2. The van der Waals surface area contributed by atoms with E-state index in [9.17, 15) is 5.11 Å². The van der Waals surface area contributed by atoms with E-state index in [-0.39, 0.29) is 12.1 Å². The zero-order chi connectivity index (χ0) is 12.3. The number of rotatable bonds is 3. The van der Waals surface area contributed by atoms with E-state index in [2.05, 4.69) is 17.2 Å². The molecule has 0 amide bonds. The molecule has 1 aliphatic rings. The normalized spacial score (nSPS) is 29.0. The van der Waals surface area contributed by atoms with Gasteiger partial charge in [-0.1, -0.05) is 6.92 Å². The van der Waals surface area contributed by atoms with E-state index in [0.29, 0.717) is 0 Å². The summed E-state index contributed by atoms with van der Waals surface area (Å²) in [6.07, 6.45) is 8.14. The van der Waals surface area contributed by atoms with Crippen molar-refractivity contribution in [3.8, 4) is 0 Å². The molecule has 0 aliphatic heterocycles. The molecule has 1 aromatic heterocycles. The first kappa shape index (κ1) is 12.4. The molecule has 0 radical (unpaired) electrons. The number of aryl methyl sites for hydroxylation is 1. The van der Waals surface area contributed by atoms with Crippen LogP contribution in [-0.2, 0) is 0 Å². The number of aliphatic hydroxyl groups excluding tert-OH is 1. The summed E-state index contributed by atoms with van der Waals surface area (Å²) < 4.78 is 0. The van der Waals surface area contributed by atoms with Crippen LogP contribution in [0.5, 0.6) is 0 Å². The van der Waals surface area contributed by atoms with E-state index in [4.69, 9.17) is 0 Å². The fourth-order valence-electron chi connectivity index (χ4n) is 2.54. The number of aliphatic hydroxyl groups is 1. The number of nitrogens with zero attached hydrogens (tertiary/aromatic N) is 1. The van der Waals surface area contributed by atoms with Gasteiger partial charge in [0.2, 0.25) is 0 Å². The van der Waals surface area contributed by atoms with Crippen LogP contribution in [0.25, 0.3) is 0 Å². The van der Waals surface area contributed by atoms with E-state index in [1.54, 1.807) is 6.20 Å². The molecular weight excluding hydrogens is 212 g/mol. The molecule has 1 heterocycles. The lowest BCUT2D eigenvalue weighted by atomic mass is 9.77. The lowest BCUT2D eigenvalue weighted by molar-refractivity contribution is 0.155. The first-order valence-electron chi connectivity index (χ1n) is 6.45. The van der Waals surface area contributed by atoms with Crippen LogP contribution in [0.3, 0.4) is 0 Å². The van der Waals surface area contributed by atoms with Gasteiger partial charge in [0.25, 0.3) is 0 Å². The second-order valence-electron chi connectivity index (χ2n) is 5.44. The predicted molar refractivity (Wildman–Crippen MR) is 70.0 cm³/mol. The number of hydrogen-bond acceptors (Lipinski definition) is 3. The molecule has 94 valence electrons. The van der Waals surface area contributed by atoms with E-state index in [1.807, 2.05) is 19.2 Å². The summed E-state index contributed by atoms with van der Waals surface area (Å²) in [6.45, 7) is 4.55. The quantitative estimate of drug-likeness (QED) is 0.845. The molecule has 0 atom stereocenters. The molecule has 2 N–H and O–H groups in total. The lowest BCUT2D eigenvalue weighted by Gasteiger charge is -2.40. The van der Waals surface area contributed by atoms with Gasteiger partial charge < -0.3 is 10.4 Å². The lowest BCUT2D eigenvalue weighted by Crippen LogP contribution is -2.45. The summed E-state index contributed by atoms with van der Waals surface area (Å²) >= 11 is 0. The molecule has 1 aliphatic carbocycles. The fourth-order valence-corrected chi connectivity index (χ4v) is 2.54. The van der Waals surface area contributed by atoms with Crippen LogP contribution in [0.1, 0.15) is 38.2 Å². The molecule has 3 heteroatoms. The predicted octanol–water partition coefficient (Wildman–Crippen LogP) is 2.74. The first-order valence-corrected chi connectivity index (χ1v) is 6.45. The highest BCUT2D eigenvalue weighted by Crippen LogP contribution is 2.34. The number of nitrogens with one attached hydrogen (secondary N) is 1. The molecule has 2 rings (SSSR count). The maximum Gasteiger partial charge on any atom is 0.0661 e. The van der Waals surface area contributed by atoms with Gasteiger partial charge in [-0.05, 0) is 50.2 Å². The summed E-state index contributed by atoms with van der Waals surface area (Å²) in [6, 6.07) is 1.99. The topological polar surface area (TPSA) is 45.2 Å². The molecule has 1 saturated carbocycles. The molecule has 1 aromatic rings. The molecule has 0 aromatic carbocycles. The van der Waals surface area contributed by atoms with Crippen molar-refractivity contribution in [2.24, 2.45) is 5.92 Å². The zero-order valence-electron chi connectivity index (χ0n) is 10.7. The van der Waals surface area contributed by atoms with E-state index in [1.165, 1.54) is 12.8 Å². The number of pyridine rings is 1. The zero-order valence-corrected chi connectivity index (χ0v) is 10.7. The van der Waals surface area contributed by atoms with Crippen molar-refractivity contribution in [2.75, 3.05) is 11.9 Å². The minimum atomic E-state index is -0.126. The third-order valence-electron chi connectivity index (χ3n) is 3.95. The van der Waals surface area contributed by atoms with Crippen molar-refractivity contribution in [3.05, 3.63) is 24.0 Å². The Morgan fingerprint density at radius 2 is 2.18 bits per heavy atom. The van der Waals surface area contributed by atoms with Crippen molar-refractivity contribution in [3.63, 3.8) is 0 Å². The standard InChI is InChI=1S/C14H22N2O/c1-11-3-6-14(10-17,7-4-11)16-13-5-8-15-9-12(13)2/h5,8-9,11,17H,3-4,6-7,10H2,1-2H3,(H,15,16). The third-order valence-corrected chi connectivity index (χ3v) is 3.95. The van der Waals surface area contributed by atoms with Gasteiger partial charge in [-0.2, -0.15) is 0 Å². The summed E-state index contributed by atoms with van der Waals surface area (Å²) in [5.74, 6) is 0.787. The highest BCUT2D eigenvalue weighted by molar-refractivity contribution is 5.50. The minimum Gasteiger partial charge on any atom is -0.394 e. The average molecular weight is 234 g/mol. The minimum absolute atomic E-state index is 0.126. The summed E-state index contributed by atoms with van der Waals surface area (Å²) in [7, 11) is 0. The van der Waals surface area contributed by atoms with Crippen molar-refractivity contribution in [2.45, 2.75) is 45.1 Å². The molecule has 17 heavy (non-hydrogen) atoms. The van der Waals surface area contributed by atoms with Crippen LogP contribution in [-0.4, -0.2) is 22.2 Å². The van der Waals surface area contributed by atoms with Gasteiger partial charge in [-0.15, -0.1) is 0 Å². The smallest absolute Gasteiger partial charge is 0.0661 e. The van der Waals surface area contributed by atoms with Crippen molar-refractivity contribution in [1.82, 2.24) is 4.98 Å². The monoisotopic (exact) mass is 234 g/mol. The molecule has 3 nitrogen and oxygen atoms in total. The Hall–Kier alpha value is -1.09. The maximum absolute atomic E-state index is 9.70.